The first-order valence-corrected chi connectivity index (χ1v) is 18.0. The smallest absolute Gasteiger partial charge is 0.164 e. The first kappa shape index (κ1) is 28.4. The van der Waals surface area contributed by atoms with Crippen LogP contribution in [0.3, 0.4) is 0 Å². The Morgan fingerprint density at radius 2 is 0.980 bits per heavy atom. The third-order valence-electron chi connectivity index (χ3n) is 10.3. The molecule has 0 bridgehead atoms. The van der Waals surface area contributed by atoms with Gasteiger partial charge in [0.05, 0.1) is 0 Å². The van der Waals surface area contributed by atoms with Crippen LogP contribution in [0.2, 0.25) is 0 Å². The largest absolute Gasteiger partial charge is 0.208 e. The molecule has 0 spiro atoms. The summed E-state index contributed by atoms with van der Waals surface area (Å²) in [7, 11) is 0. The van der Waals surface area contributed by atoms with E-state index in [1.807, 2.05) is 17.4 Å². The van der Waals surface area contributed by atoms with Crippen LogP contribution in [-0.4, -0.2) is 15.0 Å². The van der Waals surface area contributed by atoms with E-state index in [1.165, 1.54) is 64.1 Å². The highest BCUT2D eigenvalue weighted by Gasteiger charge is 2.26. The van der Waals surface area contributed by atoms with Crippen LogP contribution >= 0.6 is 11.3 Å². The molecule has 4 heteroatoms. The van der Waals surface area contributed by atoms with Crippen molar-refractivity contribution in [1.29, 1.82) is 0 Å². The van der Waals surface area contributed by atoms with E-state index >= 15 is 0 Å². The molecule has 11 rings (SSSR count). The molecule has 10 aromatic rings. The molecule has 0 saturated carbocycles. The van der Waals surface area contributed by atoms with Gasteiger partial charge >= 0.3 is 0 Å². The first-order chi connectivity index (χ1) is 25.3. The lowest BCUT2D eigenvalue weighted by molar-refractivity contribution is 1.08. The van der Waals surface area contributed by atoms with Gasteiger partial charge < -0.3 is 0 Å². The zero-order chi connectivity index (χ0) is 33.5. The minimum absolute atomic E-state index is 0.655. The monoisotopic (exact) mass is 665 g/mol. The van der Waals surface area contributed by atoms with Crippen molar-refractivity contribution in [1.82, 2.24) is 15.0 Å². The van der Waals surface area contributed by atoms with Crippen LogP contribution in [0.5, 0.6) is 0 Å². The van der Waals surface area contributed by atoms with Crippen molar-refractivity contribution < 1.29 is 0 Å². The molecule has 0 unspecified atom stereocenters. The summed E-state index contributed by atoms with van der Waals surface area (Å²) in [5, 5.41) is 7.39. The van der Waals surface area contributed by atoms with E-state index in [4.69, 9.17) is 15.0 Å². The molecule has 0 fully saturated rings. The molecule has 1 aliphatic rings. The highest BCUT2D eigenvalue weighted by Crippen LogP contribution is 2.53. The second-order valence-corrected chi connectivity index (χ2v) is 14.2. The number of hydrogen-bond acceptors (Lipinski definition) is 4. The number of nitrogens with zero attached hydrogens (tertiary/aromatic N) is 3. The molecule has 0 saturated heterocycles. The molecule has 0 amide bonds. The van der Waals surface area contributed by atoms with E-state index in [1.54, 1.807) is 0 Å². The van der Waals surface area contributed by atoms with Crippen LogP contribution in [0.25, 0.3) is 109 Å². The molecule has 236 valence electrons. The molecule has 3 nitrogen and oxygen atoms in total. The molecule has 0 aliphatic heterocycles. The van der Waals surface area contributed by atoms with Crippen molar-refractivity contribution in [3.8, 4) is 67.5 Å². The molecular formula is C47H27N3S. The second-order valence-electron chi connectivity index (χ2n) is 13.2. The number of fused-ring (bicyclic) bond motifs is 8. The Kier molecular flexibility index (Phi) is 6.12. The molecular weight excluding hydrogens is 639 g/mol. The van der Waals surface area contributed by atoms with Gasteiger partial charge in [-0.1, -0.05) is 152 Å². The Hall–Kier alpha value is -6.49. The summed E-state index contributed by atoms with van der Waals surface area (Å²) in [6.45, 7) is 0. The lowest BCUT2D eigenvalue weighted by Gasteiger charge is -2.11. The van der Waals surface area contributed by atoms with Crippen LogP contribution in [-0.2, 0) is 0 Å². The number of aromatic nitrogens is 3. The van der Waals surface area contributed by atoms with Crippen LogP contribution in [0, 0.1) is 0 Å². The highest BCUT2D eigenvalue weighted by molar-refractivity contribution is 7.26. The van der Waals surface area contributed by atoms with Gasteiger partial charge in [-0.3, -0.25) is 0 Å². The van der Waals surface area contributed by atoms with Gasteiger partial charge in [-0.15, -0.1) is 11.3 Å². The lowest BCUT2D eigenvalue weighted by Crippen LogP contribution is -2.00. The number of benzene rings is 8. The molecule has 0 N–H and O–H groups in total. The highest BCUT2D eigenvalue weighted by atomic mass is 32.1. The van der Waals surface area contributed by atoms with Crippen molar-refractivity contribution in [3.63, 3.8) is 0 Å². The minimum atomic E-state index is 0.655. The average Bonchev–Trinajstić information content (AvgIpc) is 3.75. The third-order valence-corrected chi connectivity index (χ3v) is 11.5. The van der Waals surface area contributed by atoms with Crippen molar-refractivity contribution >= 4 is 53.1 Å². The van der Waals surface area contributed by atoms with Gasteiger partial charge in [-0.2, -0.15) is 0 Å². The Bertz CT molecular complexity index is 3010. The van der Waals surface area contributed by atoms with Crippen LogP contribution in [0.1, 0.15) is 0 Å². The molecule has 2 heterocycles. The Balaban J connectivity index is 1.13. The van der Waals surface area contributed by atoms with Crippen molar-refractivity contribution in [3.05, 3.63) is 164 Å². The van der Waals surface area contributed by atoms with E-state index in [0.29, 0.717) is 17.5 Å². The summed E-state index contributed by atoms with van der Waals surface area (Å²) in [6.07, 6.45) is 0. The van der Waals surface area contributed by atoms with E-state index < -0.39 is 0 Å². The fraction of sp³-hybridized carbons (Fsp3) is 0. The van der Waals surface area contributed by atoms with Gasteiger partial charge in [0, 0.05) is 42.4 Å². The fourth-order valence-corrected chi connectivity index (χ4v) is 9.16. The molecule has 2 aromatic heterocycles. The summed E-state index contributed by atoms with van der Waals surface area (Å²) in [4.78, 5) is 15.6. The maximum absolute atomic E-state index is 5.23. The predicted octanol–water partition coefficient (Wildman–Crippen LogP) is 12.9. The Labute approximate surface area is 298 Å². The molecule has 0 radical (unpaired) electrons. The minimum Gasteiger partial charge on any atom is -0.208 e. The summed E-state index contributed by atoms with van der Waals surface area (Å²) in [6, 6.07) is 58.3. The maximum Gasteiger partial charge on any atom is 0.164 e. The number of rotatable bonds is 4. The summed E-state index contributed by atoms with van der Waals surface area (Å²) in [5.74, 6) is 1.99. The molecule has 0 atom stereocenters. The van der Waals surface area contributed by atoms with Gasteiger partial charge in [-0.25, -0.2) is 15.0 Å². The first-order valence-electron chi connectivity index (χ1n) is 17.2. The lowest BCUT2D eigenvalue weighted by atomic mass is 9.99. The fourth-order valence-electron chi connectivity index (χ4n) is 7.87. The van der Waals surface area contributed by atoms with Gasteiger partial charge in [0.15, 0.2) is 17.5 Å². The zero-order valence-corrected chi connectivity index (χ0v) is 28.2. The van der Waals surface area contributed by atoms with E-state index in [0.717, 1.165) is 27.6 Å². The van der Waals surface area contributed by atoms with Crippen molar-refractivity contribution in [2.24, 2.45) is 0 Å². The van der Waals surface area contributed by atoms with Gasteiger partial charge in [0.25, 0.3) is 0 Å². The third kappa shape index (κ3) is 4.40. The molecule has 51 heavy (non-hydrogen) atoms. The second kappa shape index (κ2) is 11.0. The van der Waals surface area contributed by atoms with Gasteiger partial charge in [-0.05, 0) is 61.5 Å². The van der Waals surface area contributed by atoms with Crippen molar-refractivity contribution in [2.45, 2.75) is 0 Å². The SMILES string of the molecule is c1ccc(-c2ccc(-c3nc(-c4ccc5ccccc5c4)nc(-c4cccc5sc6c7c(ccc6c45)-c4cccc5cccc-7c45)n3)cc2)cc1. The van der Waals surface area contributed by atoms with Gasteiger partial charge in [0.1, 0.15) is 0 Å². The Morgan fingerprint density at radius 1 is 0.353 bits per heavy atom. The molecule has 1 aliphatic carbocycles. The standard InChI is InChI=1S/C47H27N3S/c1-2-9-28(10-3-1)30-19-22-32(23-20-30)45-48-46(34-24-21-29-11-4-5-12-33(29)27-34)50-47(49-45)39-17-8-18-40-42(39)38-26-25-36-35-15-6-13-31-14-7-16-37(41(31)35)43(36)44(38)51-40/h1-27H. The van der Waals surface area contributed by atoms with Crippen molar-refractivity contribution in [2.75, 3.05) is 0 Å². The summed E-state index contributed by atoms with van der Waals surface area (Å²) < 4.78 is 2.53. The van der Waals surface area contributed by atoms with Crippen LogP contribution in [0.15, 0.2) is 164 Å². The van der Waals surface area contributed by atoms with E-state index in [-0.39, 0.29) is 0 Å². The quantitative estimate of drug-likeness (QED) is 0.188. The summed E-state index contributed by atoms with van der Waals surface area (Å²) >= 11 is 1.86. The number of thiophene rings is 1. The molecule has 8 aromatic carbocycles. The Morgan fingerprint density at radius 3 is 1.82 bits per heavy atom. The van der Waals surface area contributed by atoms with Gasteiger partial charge in [0.2, 0.25) is 0 Å². The maximum atomic E-state index is 5.23. The number of hydrogen-bond donors (Lipinski definition) is 0. The zero-order valence-electron chi connectivity index (χ0n) is 27.3. The average molecular weight is 666 g/mol. The normalized spacial score (nSPS) is 11.9. The van der Waals surface area contributed by atoms with Crippen LogP contribution < -0.4 is 0 Å². The van der Waals surface area contributed by atoms with E-state index in [2.05, 4.69) is 158 Å². The van der Waals surface area contributed by atoms with Crippen LogP contribution in [0.4, 0.5) is 0 Å². The summed E-state index contributed by atoms with van der Waals surface area (Å²) in [5.41, 5.74) is 10.5. The predicted molar refractivity (Wildman–Crippen MR) is 214 cm³/mol. The van der Waals surface area contributed by atoms with E-state index in [9.17, 15) is 0 Å². The topological polar surface area (TPSA) is 38.7 Å².